The van der Waals surface area contributed by atoms with Gasteiger partial charge < -0.3 is 15.4 Å². The minimum absolute atomic E-state index is 0.0626. The van der Waals surface area contributed by atoms with Crippen LogP contribution >= 0.6 is 0 Å². The number of ether oxygens (including phenoxy) is 1. The molecule has 1 amide bonds. The molecule has 2 aromatic carbocycles. The van der Waals surface area contributed by atoms with Crippen molar-refractivity contribution in [3.8, 4) is 5.75 Å². The summed E-state index contributed by atoms with van der Waals surface area (Å²) in [6.07, 6.45) is 0. The van der Waals surface area contributed by atoms with E-state index in [1.165, 1.54) is 0 Å². The van der Waals surface area contributed by atoms with E-state index < -0.39 is 0 Å². The molecule has 0 spiro atoms. The van der Waals surface area contributed by atoms with Gasteiger partial charge in [-0.15, -0.1) is 0 Å². The van der Waals surface area contributed by atoms with Gasteiger partial charge in [0.2, 0.25) is 0 Å². The average molecular weight is 284 g/mol. The molecular weight excluding hydrogens is 264 g/mol. The van der Waals surface area contributed by atoms with Crippen molar-refractivity contribution < 1.29 is 9.53 Å². The highest BCUT2D eigenvalue weighted by Crippen LogP contribution is 2.18. The van der Waals surface area contributed by atoms with Crippen LogP contribution in [0.2, 0.25) is 0 Å². The Morgan fingerprint density at radius 2 is 1.67 bits per heavy atom. The average Bonchev–Trinajstić information content (AvgIpc) is 2.55. The molecule has 0 aliphatic rings. The van der Waals surface area contributed by atoms with Crippen molar-refractivity contribution in [2.24, 2.45) is 0 Å². The topological polar surface area (TPSA) is 50.4 Å². The van der Waals surface area contributed by atoms with E-state index in [0.717, 1.165) is 17.0 Å². The highest BCUT2D eigenvalue weighted by molar-refractivity contribution is 5.94. The Bertz CT molecular complexity index is 591. The molecule has 0 aliphatic carbocycles. The molecule has 0 aromatic heterocycles. The van der Waals surface area contributed by atoms with Crippen molar-refractivity contribution in [2.45, 2.75) is 13.0 Å². The van der Waals surface area contributed by atoms with E-state index in [1.54, 1.807) is 7.11 Å². The molecule has 0 radical (unpaired) electrons. The van der Waals surface area contributed by atoms with Crippen LogP contribution in [0, 0.1) is 0 Å². The van der Waals surface area contributed by atoms with Crippen molar-refractivity contribution in [1.29, 1.82) is 0 Å². The monoisotopic (exact) mass is 284 g/mol. The largest absolute Gasteiger partial charge is 0.497 e. The number of rotatable bonds is 5. The lowest BCUT2D eigenvalue weighted by Crippen LogP contribution is -2.26. The lowest BCUT2D eigenvalue weighted by molar-refractivity contribution is 0.0940. The molecule has 1 unspecified atom stereocenters. The third-order valence-electron chi connectivity index (χ3n) is 3.40. The van der Waals surface area contributed by atoms with Crippen LogP contribution in [-0.2, 0) is 0 Å². The maximum Gasteiger partial charge on any atom is 0.251 e. The Kier molecular flexibility index (Phi) is 4.82. The van der Waals surface area contributed by atoms with E-state index in [1.807, 2.05) is 62.5 Å². The second-order valence-electron chi connectivity index (χ2n) is 4.80. The quantitative estimate of drug-likeness (QED) is 0.886. The predicted octanol–water partition coefficient (Wildman–Crippen LogP) is 3.23. The number of amides is 1. The first-order valence-corrected chi connectivity index (χ1v) is 6.86. The summed E-state index contributed by atoms with van der Waals surface area (Å²) in [5.41, 5.74) is 2.67. The standard InChI is InChI=1S/C17H20N2O2/c1-12(13-6-10-16(21-3)11-7-13)19-17(20)14-4-8-15(18-2)9-5-14/h4-12,18H,1-3H3,(H,19,20). The van der Waals surface area contributed by atoms with Crippen LogP contribution in [0.4, 0.5) is 5.69 Å². The summed E-state index contributed by atoms with van der Waals surface area (Å²) >= 11 is 0. The number of methoxy groups -OCH3 is 1. The highest BCUT2D eigenvalue weighted by Gasteiger charge is 2.11. The normalized spacial score (nSPS) is 11.6. The van der Waals surface area contributed by atoms with E-state index in [9.17, 15) is 4.79 Å². The van der Waals surface area contributed by atoms with Crippen molar-refractivity contribution in [3.63, 3.8) is 0 Å². The summed E-state index contributed by atoms with van der Waals surface area (Å²) < 4.78 is 5.13. The summed E-state index contributed by atoms with van der Waals surface area (Å²) in [5, 5.41) is 6.01. The number of benzene rings is 2. The first kappa shape index (κ1) is 14.9. The minimum atomic E-state index is -0.0824. The van der Waals surface area contributed by atoms with Gasteiger partial charge in [-0.2, -0.15) is 0 Å². The molecule has 2 rings (SSSR count). The lowest BCUT2D eigenvalue weighted by Gasteiger charge is -2.15. The van der Waals surface area contributed by atoms with Gasteiger partial charge in [-0.05, 0) is 48.9 Å². The molecule has 2 aromatic rings. The van der Waals surface area contributed by atoms with E-state index in [2.05, 4.69) is 10.6 Å². The Balaban J connectivity index is 2.03. The molecule has 4 nitrogen and oxygen atoms in total. The fourth-order valence-corrected chi connectivity index (χ4v) is 2.04. The third kappa shape index (κ3) is 3.75. The summed E-state index contributed by atoms with van der Waals surface area (Å²) in [5.74, 6) is 0.723. The van der Waals surface area contributed by atoms with Crippen molar-refractivity contribution >= 4 is 11.6 Å². The number of hydrogen-bond acceptors (Lipinski definition) is 3. The first-order chi connectivity index (χ1) is 10.1. The zero-order valence-electron chi connectivity index (χ0n) is 12.5. The zero-order chi connectivity index (χ0) is 15.2. The number of hydrogen-bond donors (Lipinski definition) is 2. The van der Waals surface area contributed by atoms with Crippen LogP contribution in [0.25, 0.3) is 0 Å². The molecule has 21 heavy (non-hydrogen) atoms. The van der Waals surface area contributed by atoms with Gasteiger partial charge in [-0.3, -0.25) is 4.79 Å². The van der Waals surface area contributed by atoms with Crippen LogP contribution in [0.3, 0.4) is 0 Å². The predicted molar refractivity (Wildman–Crippen MR) is 84.9 cm³/mol. The highest BCUT2D eigenvalue weighted by atomic mass is 16.5. The SMILES string of the molecule is CNc1ccc(C(=O)NC(C)c2ccc(OC)cc2)cc1. The van der Waals surface area contributed by atoms with E-state index in [0.29, 0.717) is 5.56 Å². The maximum absolute atomic E-state index is 12.2. The summed E-state index contributed by atoms with van der Waals surface area (Å²) in [6.45, 7) is 1.96. The van der Waals surface area contributed by atoms with Gasteiger partial charge in [0, 0.05) is 18.3 Å². The number of carbonyl (C=O) groups is 1. The van der Waals surface area contributed by atoms with Gasteiger partial charge >= 0.3 is 0 Å². The van der Waals surface area contributed by atoms with Gasteiger partial charge in [-0.25, -0.2) is 0 Å². The molecule has 0 heterocycles. The summed E-state index contributed by atoms with van der Waals surface area (Å²) in [7, 11) is 3.48. The molecule has 110 valence electrons. The first-order valence-electron chi connectivity index (χ1n) is 6.86. The third-order valence-corrected chi connectivity index (χ3v) is 3.40. The van der Waals surface area contributed by atoms with Gasteiger partial charge in [0.1, 0.15) is 5.75 Å². The fourth-order valence-electron chi connectivity index (χ4n) is 2.04. The second-order valence-corrected chi connectivity index (χ2v) is 4.80. The molecular formula is C17H20N2O2. The zero-order valence-corrected chi connectivity index (χ0v) is 12.5. The molecule has 0 saturated carbocycles. The Hall–Kier alpha value is -2.49. The van der Waals surface area contributed by atoms with Crippen LogP contribution in [0.15, 0.2) is 48.5 Å². The fraction of sp³-hybridized carbons (Fsp3) is 0.235. The molecule has 4 heteroatoms. The van der Waals surface area contributed by atoms with Gasteiger partial charge in [0.05, 0.1) is 13.2 Å². The van der Waals surface area contributed by atoms with Crippen LogP contribution in [0.5, 0.6) is 5.75 Å². The number of nitrogens with one attached hydrogen (secondary N) is 2. The Labute approximate surface area is 125 Å². The van der Waals surface area contributed by atoms with Crippen LogP contribution < -0.4 is 15.4 Å². The van der Waals surface area contributed by atoms with E-state index >= 15 is 0 Å². The summed E-state index contributed by atoms with van der Waals surface area (Å²) in [4.78, 5) is 12.2. The van der Waals surface area contributed by atoms with Crippen molar-refractivity contribution in [1.82, 2.24) is 5.32 Å². The van der Waals surface area contributed by atoms with Crippen LogP contribution in [-0.4, -0.2) is 20.1 Å². The Morgan fingerprint density at radius 1 is 1.05 bits per heavy atom. The molecule has 0 fully saturated rings. The molecule has 2 N–H and O–H groups in total. The van der Waals surface area contributed by atoms with Gasteiger partial charge in [0.25, 0.3) is 5.91 Å². The molecule has 1 atom stereocenters. The van der Waals surface area contributed by atoms with E-state index in [4.69, 9.17) is 4.74 Å². The Morgan fingerprint density at radius 3 is 2.19 bits per heavy atom. The van der Waals surface area contributed by atoms with Crippen LogP contribution in [0.1, 0.15) is 28.9 Å². The number of carbonyl (C=O) groups excluding carboxylic acids is 1. The number of anilines is 1. The van der Waals surface area contributed by atoms with Crippen molar-refractivity contribution in [3.05, 3.63) is 59.7 Å². The summed E-state index contributed by atoms with van der Waals surface area (Å²) in [6, 6.07) is 15.0. The van der Waals surface area contributed by atoms with Crippen molar-refractivity contribution in [2.75, 3.05) is 19.5 Å². The minimum Gasteiger partial charge on any atom is -0.497 e. The second kappa shape index (κ2) is 6.79. The van der Waals surface area contributed by atoms with E-state index in [-0.39, 0.29) is 11.9 Å². The maximum atomic E-state index is 12.2. The molecule has 0 saturated heterocycles. The lowest BCUT2D eigenvalue weighted by atomic mass is 10.1. The molecule has 0 aliphatic heterocycles. The molecule has 0 bridgehead atoms. The van der Waals surface area contributed by atoms with Gasteiger partial charge in [-0.1, -0.05) is 12.1 Å². The smallest absolute Gasteiger partial charge is 0.251 e. The van der Waals surface area contributed by atoms with Gasteiger partial charge in [0.15, 0.2) is 0 Å².